The van der Waals surface area contributed by atoms with Crippen molar-refractivity contribution in [2.75, 3.05) is 6.54 Å². The molecule has 1 aromatic carbocycles. The summed E-state index contributed by atoms with van der Waals surface area (Å²) in [6, 6.07) is 6.29. The third-order valence-electron chi connectivity index (χ3n) is 5.55. The Bertz CT molecular complexity index is 634. The molecule has 0 spiro atoms. The third-order valence-corrected chi connectivity index (χ3v) is 5.55. The lowest BCUT2D eigenvalue weighted by atomic mass is 10.1. The van der Waals surface area contributed by atoms with Gasteiger partial charge in [0.25, 0.3) is 0 Å². The summed E-state index contributed by atoms with van der Waals surface area (Å²) in [4.78, 5) is 26.5. The molecule has 4 heteroatoms. The van der Waals surface area contributed by atoms with Crippen LogP contribution in [0, 0.1) is 5.92 Å². The van der Waals surface area contributed by atoms with E-state index in [2.05, 4.69) is 6.07 Å². The zero-order valence-electron chi connectivity index (χ0n) is 13.4. The molecule has 122 valence electrons. The number of fused-ring (bicyclic) bond motifs is 1. The number of benzene rings is 1. The van der Waals surface area contributed by atoms with Gasteiger partial charge in [0.15, 0.2) is 0 Å². The molecular weight excluding hydrogens is 290 g/mol. The maximum absolute atomic E-state index is 12.4. The maximum atomic E-state index is 12.4. The number of hydrogen-bond acceptors (Lipinski definition) is 3. The van der Waals surface area contributed by atoms with E-state index in [1.165, 1.54) is 30.4 Å². The highest BCUT2D eigenvalue weighted by Crippen LogP contribution is 2.31. The zero-order chi connectivity index (χ0) is 15.8. The van der Waals surface area contributed by atoms with Crippen molar-refractivity contribution in [2.24, 2.45) is 5.92 Å². The van der Waals surface area contributed by atoms with Gasteiger partial charge in [0.1, 0.15) is 5.75 Å². The van der Waals surface area contributed by atoms with Gasteiger partial charge < -0.3 is 9.64 Å². The van der Waals surface area contributed by atoms with Gasteiger partial charge in [-0.25, -0.2) is 0 Å². The van der Waals surface area contributed by atoms with E-state index in [0.29, 0.717) is 24.8 Å². The Labute approximate surface area is 136 Å². The van der Waals surface area contributed by atoms with Crippen molar-refractivity contribution in [2.45, 2.75) is 57.4 Å². The summed E-state index contributed by atoms with van der Waals surface area (Å²) in [6.07, 6.45) is 8.23. The largest absolute Gasteiger partial charge is 0.426 e. The van der Waals surface area contributed by atoms with Gasteiger partial charge in [-0.3, -0.25) is 9.59 Å². The summed E-state index contributed by atoms with van der Waals surface area (Å²) in [5.74, 6) is 0.184. The molecular formula is C19H23NO3. The summed E-state index contributed by atoms with van der Waals surface area (Å²) >= 11 is 0. The van der Waals surface area contributed by atoms with E-state index < -0.39 is 0 Å². The first-order chi connectivity index (χ1) is 11.2. The van der Waals surface area contributed by atoms with E-state index >= 15 is 0 Å². The number of ether oxygens (including phenoxy) is 1. The number of carbonyl (C=O) groups is 2. The van der Waals surface area contributed by atoms with Gasteiger partial charge in [0, 0.05) is 19.0 Å². The van der Waals surface area contributed by atoms with Crippen molar-refractivity contribution in [3.05, 3.63) is 29.3 Å². The Morgan fingerprint density at radius 2 is 1.87 bits per heavy atom. The predicted molar refractivity (Wildman–Crippen MR) is 86.2 cm³/mol. The minimum absolute atomic E-state index is 0.118. The van der Waals surface area contributed by atoms with E-state index in [0.717, 1.165) is 25.7 Å². The molecule has 3 aliphatic rings. The third kappa shape index (κ3) is 2.87. The summed E-state index contributed by atoms with van der Waals surface area (Å²) in [5, 5.41) is 0. The van der Waals surface area contributed by atoms with Crippen LogP contribution in [0.1, 0.15) is 49.7 Å². The van der Waals surface area contributed by atoms with Gasteiger partial charge >= 0.3 is 5.97 Å². The molecule has 0 radical (unpaired) electrons. The fourth-order valence-corrected chi connectivity index (χ4v) is 4.27. The molecule has 1 saturated heterocycles. The standard InChI is InChI=1S/C19H23NO3/c21-18-11-15(12-20(18)16-6-1-2-7-16)19(22)23-17-9-8-13-4-3-5-14(13)10-17/h8-10,15-16H,1-7,11-12H2. The van der Waals surface area contributed by atoms with E-state index in [1.54, 1.807) is 0 Å². The monoisotopic (exact) mass is 313 g/mol. The van der Waals surface area contributed by atoms with Gasteiger partial charge in [-0.1, -0.05) is 18.9 Å². The summed E-state index contributed by atoms with van der Waals surface area (Å²) in [6.45, 7) is 0.535. The highest BCUT2D eigenvalue weighted by molar-refractivity contribution is 5.87. The van der Waals surface area contributed by atoms with Crippen molar-refractivity contribution >= 4 is 11.9 Å². The molecule has 1 aliphatic heterocycles. The first kappa shape index (κ1) is 14.7. The Hall–Kier alpha value is -1.84. The van der Waals surface area contributed by atoms with E-state index in [1.807, 2.05) is 17.0 Å². The van der Waals surface area contributed by atoms with E-state index in [4.69, 9.17) is 4.74 Å². The minimum Gasteiger partial charge on any atom is -0.426 e. The van der Waals surface area contributed by atoms with Crippen LogP contribution in [0.3, 0.4) is 0 Å². The average Bonchev–Trinajstić information content (AvgIpc) is 3.26. The lowest BCUT2D eigenvalue weighted by Gasteiger charge is -2.23. The Kier molecular flexibility index (Phi) is 3.83. The highest BCUT2D eigenvalue weighted by Gasteiger charge is 2.39. The second kappa shape index (κ2) is 5.99. The SMILES string of the molecule is O=C(Oc1ccc2c(c1)CCC2)C1CC(=O)N(C2CCCC2)C1. The number of likely N-dealkylation sites (tertiary alicyclic amines) is 1. The molecule has 2 fully saturated rings. The fourth-order valence-electron chi connectivity index (χ4n) is 4.27. The number of aryl methyl sites for hydroxylation is 2. The van der Waals surface area contributed by atoms with Gasteiger partial charge in [-0.15, -0.1) is 0 Å². The first-order valence-corrected chi connectivity index (χ1v) is 8.83. The predicted octanol–water partition coefficient (Wildman–Crippen LogP) is 2.87. The molecule has 0 bridgehead atoms. The quantitative estimate of drug-likeness (QED) is 0.637. The number of esters is 1. The molecule has 0 N–H and O–H groups in total. The van der Waals surface area contributed by atoms with Crippen molar-refractivity contribution < 1.29 is 14.3 Å². The van der Waals surface area contributed by atoms with Gasteiger partial charge in [-0.05, 0) is 55.4 Å². The number of hydrogen-bond donors (Lipinski definition) is 0. The smallest absolute Gasteiger partial charge is 0.316 e. The van der Waals surface area contributed by atoms with Crippen LogP contribution in [0.2, 0.25) is 0 Å². The van der Waals surface area contributed by atoms with Crippen LogP contribution in [0.4, 0.5) is 0 Å². The summed E-state index contributed by atoms with van der Waals surface area (Å²) in [7, 11) is 0. The Morgan fingerprint density at radius 1 is 1.09 bits per heavy atom. The molecule has 2 aliphatic carbocycles. The van der Waals surface area contributed by atoms with Crippen LogP contribution in [-0.2, 0) is 22.4 Å². The Morgan fingerprint density at radius 3 is 2.70 bits per heavy atom. The van der Waals surface area contributed by atoms with Crippen LogP contribution in [-0.4, -0.2) is 29.4 Å². The highest BCUT2D eigenvalue weighted by atomic mass is 16.5. The summed E-state index contributed by atoms with van der Waals surface area (Å²) < 4.78 is 5.57. The average molecular weight is 313 g/mol. The molecule has 23 heavy (non-hydrogen) atoms. The Balaban J connectivity index is 1.40. The van der Waals surface area contributed by atoms with Crippen molar-refractivity contribution in [1.29, 1.82) is 0 Å². The molecule has 1 aromatic rings. The zero-order valence-corrected chi connectivity index (χ0v) is 13.4. The molecule has 1 saturated carbocycles. The molecule has 1 heterocycles. The second-order valence-electron chi connectivity index (χ2n) is 7.09. The number of nitrogens with zero attached hydrogens (tertiary/aromatic N) is 1. The van der Waals surface area contributed by atoms with Crippen LogP contribution >= 0.6 is 0 Å². The topological polar surface area (TPSA) is 46.6 Å². The molecule has 1 atom stereocenters. The van der Waals surface area contributed by atoms with Crippen LogP contribution in [0.15, 0.2) is 18.2 Å². The molecule has 1 amide bonds. The molecule has 0 aromatic heterocycles. The number of amides is 1. The maximum Gasteiger partial charge on any atom is 0.316 e. The number of rotatable bonds is 3. The number of carbonyl (C=O) groups excluding carboxylic acids is 2. The van der Waals surface area contributed by atoms with Gasteiger partial charge in [0.05, 0.1) is 5.92 Å². The van der Waals surface area contributed by atoms with E-state index in [9.17, 15) is 9.59 Å². The normalized spacial score (nSPS) is 24.3. The van der Waals surface area contributed by atoms with Gasteiger partial charge in [-0.2, -0.15) is 0 Å². The first-order valence-electron chi connectivity index (χ1n) is 8.83. The fraction of sp³-hybridized carbons (Fsp3) is 0.579. The van der Waals surface area contributed by atoms with Crippen molar-refractivity contribution in [3.63, 3.8) is 0 Å². The molecule has 4 nitrogen and oxygen atoms in total. The lowest BCUT2D eigenvalue weighted by Crippen LogP contribution is -2.35. The van der Waals surface area contributed by atoms with Crippen LogP contribution in [0.25, 0.3) is 0 Å². The minimum atomic E-state index is -0.309. The second-order valence-corrected chi connectivity index (χ2v) is 7.09. The molecule has 4 rings (SSSR count). The van der Waals surface area contributed by atoms with Crippen molar-refractivity contribution in [3.8, 4) is 5.75 Å². The summed E-state index contributed by atoms with van der Waals surface area (Å²) in [5.41, 5.74) is 2.67. The van der Waals surface area contributed by atoms with Crippen LogP contribution in [0.5, 0.6) is 5.75 Å². The lowest BCUT2D eigenvalue weighted by molar-refractivity contribution is -0.139. The van der Waals surface area contributed by atoms with Crippen molar-refractivity contribution in [1.82, 2.24) is 4.90 Å². The van der Waals surface area contributed by atoms with Crippen LogP contribution < -0.4 is 4.74 Å². The van der Waals surface area contributed by atoms with E-state index in [-0.39, 0.29) is 17.8 Å². The molecule has 1 unspecified atom stereocenters. The van der Waals surface area contributed by atoms with Gasteiger partial charge in [0.2, 0.25) is 5.91 Å².